The predicted molar refractivity (Wildman–Crippen MR) is 58.8 cm³/mol. The van der Waals surface area contributed by atoms with E-state index in [0.717, 1.165) is 12.1 Å². The lowest BCUT2D eigenvalue weighted by atomic mass is 9.99. The molecule has 0 atom stereocenters. The van der Waals surface area contributed by atoms with E-state index in [1.165, 1.54) is 6.07 Å². The fourth-order valence-electron chi connectivity index (χ4n) is 1.26. The summed E-state index contributed by atoms with van der Waals surface area (Å²) in [6.45, 7) is 0. The number of hydrogen-bond acceptors (Lipinski definition) is 5. The fraction of sp³-hybridized carbons (Fsp3) is 0. The van der Waals surface area contributed by atoms with Crippen LogP contribution in [0.25, 0.3) is 5.57 Å². The molecule has 0 aromatic heterocycles. The number of rotatable bonds is 2. The smallest absolute Gasteiger partial charge is 0.339 e. The van der Waals surface area contributed by atoms with Gasteiger partial charge < -0.3 is 10.2 Å². The number of carboxylic acids is 1. The minimum absolute atomic E-state index is 0.0887. The molecule has 0 radical (unpaired) electrons. The zero-order chi connectivity index (χ0) is 13.7. The summed E-state index contributed by atoms with van der Waals surface area (Å²) < 4.78 is 0. The molecule has 1 aromatic carbocycles. The molecule has 0 aliphatic heterocycles. The van der Waals surface area contributed by atoms with Crippen molar-refractivity contribution >= 4 is 11.5 Å². The highest BCUT2D eigenvalue weighted by Crippen LogP contribution is 2.24. The summed E-state index contributed by atoms with van der Waals surface area (Å²) in [5.41, 5.74) is -0.969. The fourth-order valence-corrected chi connectivity index (χ4v) is 1.26. The topological polar surface area (TPSA) is 129 Å². The van der Waals surface area contributed by atoms with Crippen LogP contribution in [0.1, 0.15) is 15.9 Å². The third kappa shape index (κ3) is 2.27. The second-order valence-electron chi connectivity index (χ2n) is 3.12. The Bertz CT molecular complexity index is 653. The number of aromatic hydroxyl groups is 1. The Kier molecular flexibility index (Phi) is 3.66. The largest absolute Gasteiger partial charge is 0.507 e. The Morgan fingerprint density at radius 3 is 2.17 bits per heavy atom. The van der Waals surface area contributed by atoms with Gasteiger partial charge in [-0.25, -0.2) is 4.79 Å². The van der Waals surface area contributed by atoms with E-state index in [2.05, 4.69) is 0 Å². The highest BCUT2D eigenvalue weighted by atomic mass is 16.4. The maximum absolute atomic E-state index is 10.8. The Morgan fingerprint density at radius 2 is 1.72 bits per heavy atom. The van der Waals surface area contributed by atoms with E-state index < -0.39 is 22.9 Å². The first kappa shape index (κ1) is 12.8. The molecule has 0 bridgehead atoms. The van der Waals surface area contributed by atoms with Gasteiger partial charge in [0, 0.05) is 0 Å². The maximum atomic E-state index is 10.8. The molecule has 18 heavy (non-hydrogen) atoms. The van der Waals surface area contributed by atoms with E-state index >= 15 is 0 Å². The lowest BCUT2D eigenvalue weighted by molar-refractivity contribution is 0.0693. The molecule has 0 amide bonds. The van der Waals surface area contributed by atoms with Crippen molar-refractivity contribution in [2.75, 3.05) is 0 Å². The first-order chi connectivity index (χ1) is 8.54. The van der Waals surface area contributed by atoms with Crippen LogP contribution in [0.4, 0.5) is 0 Å². The number of aromatic carboxylic acids is 1. The van der Waals surface area contributed by atoms with Gasteiger partial charge in [0.1, 0.15) is 35.1 Å². The van der Waals surface area contributed by atoms with E-state index in [1.807, 2.05) is 0 Å². The molecule has 0 unspecified atom stereocenters. The van der Waals surface area contributed by atoms with Gasteiger partial charge in [-0.2, -0.15) is 15.8 Å². The molecule has 6 nitrogen and oxygen atoms in total. The zero-order valence-corrected chi connectivity index (χ0v) is 8.88. The summed E-state index contributed by atoms with van der Waals surface area (Å²) >= 11 is 0. The van der Waals surface area contributed by atoms with Crippen molar-refractivity contribution in [3.05, 3.63) is 34.9 Å². The van der Waals surface area contributed by atoms with Crippen molar-refractivity contribution in [2.24, 2.45) is 0 Å². The average Bonchev–Trinajstić information content (AvgIpc) is 2.36. The Balaban J connectivity index is 3.55. The summed E-state index contributed by atoms with van der Waals surface area (Å²) in [7, 11) is 0. The van der Waals surface area contributed by atoms with E-state index in [4.69, 9.17) is 20.9 Å². The molecule has 0 fully saturated rings. The SMILES string of the molecule is N#CC(C#N)=C(C#N)c1ccc(O)c(C(=O)O)c1. The average molecular weight is 239 g/mol. The summed E-state index contributed by atoms with van der Waals surface area (Å²) in [5.74, 6) is -1.83. The molecule has 0 saturated heterocycles. The number of hydrogen-bond donors (Lipinski definition) is 2. The molecule has 0 aliphatic rings. The quantitative estimate of drug-likeness (QED) is 0.750. The molecular formula is C12H5N3O3. The number of allylic oxidation sites excluding steroid dienone is 2. The number of carboxylic acid groups (broad SMARTS) is 1. The monoisotopic (exact) mass is 239 g/mol. The van der Waals surface area contributed by atoms with E-state index in [-0.39, 0.29) is 11.1 Å². The first-order valence-electron chi connectivity index (χ1n) is 4.56. The van der Waals surface area contributed by atoms with Crippen LogP contribution < -0.4 is 0 Å². The summed E-state index contributed by atoms with van der Waals surface area (Å²) in [5, 5.41) is 44.4. The van der Waals surface area contributed by atoms with E-state index in [0.29, 0.717) is 0 Å². The molecule has 6 heteroatoms. The lowest BCUT2D eigenvalue weighted by Gasteiger charge is -2.03. The summed E-state index contributed by atoms with van der Waals surface area (Å²) in [6.07, 6.45) is 0. The predicted octanol–water partition coefficient (Wildman–Crippen LogP) is 1.41. The van der Waals surface area contributed by atoms with Crippen LogP contribution in [-0.4, -0.2) is 16.2 Å². The highest BCUT2D eigenvalue weighted by Gasteiger charge is 2.14. The van der Waals surface area contributed by atoms with Crippen LogP contribution in [0.5, 0.6) is 5.75 Å². The van der Waals surface area contributed by atoms with Crippen molar-refractivity contribution in [3.63, 3.8) is 0 Å². The minimum Gasteiger partial charge on any atom is -0.507 e. The third-order valence-corrected chi connectivity index (χ3v) is 2.10. The first-order valence-corrected chi connectivity index (χ1v) is 4.56. The van der Waals surface area contributed by atoms with Crippen LogP contribution in [0.3, 0.4) is 0 Å². The number of carbonyl (C=O) groups is 1. The molecule has 0 spiro atoms. The molecule has 1 rings (SSSR count). The van der Waals surface area contributed by atoms with Crippen LogP contribution in [0.2, 0.25) is 0 Å². The normalized spacial score (nSPS) is 8.50. The summed E-state index contributed by atoms with van der Waals surface area (Å²) in [6, 6.07) is 8.14. The zero-order valence-electron chi connectivity index (χ0n) is 8.88. The van der Waals surface area contributed by atoms with Gasteiger partial charge >= 0.3 is 5.97 Å². The molecular weight excluding hydrogens is 234 g/mol. The van der Waals surface area contributed by atoms with Crippen molar-refractivity contribution in [1.82, 2.24) is 0 Å². The molecule has 0 aliphatic carbocycles. The Hall–Kier alpha value is -3.30. The van der Waals surface area contributed by atoms with Gasteiger partial charge in [0.25, 0.3) is 0 Å². The molecule has 0 saturated carbocycles. The molecule has 2 N–H and O–H groups in total. The van der Waals surface area contributed by atoms with E-state index in [1.54, 1.807) is 18.2 Å². The van der Waals surface area contributed by atoms with Crippen molar-refractivity contribution in [2.45, 2.75) is 0 Å². The Labute approximate surface area is 102 Å². The van der Waals surface area contributed by atoms with Gasteiger partial charge in [0.15, 0.2) is 0 Å². The van der Waals surface area contributed by atoms with Crippen LogP contribution in [0, 0.1) is 34.0 Å². The van der Waals surface area contributed by atoms with Crippen molar-refractivity contribution in [3.8, 4) is 24.0 Å². The van der Waals surface area contributed by atoms with Gasteiger partial charge in [-0.1, -0.05) is 0 Å². The summed E-state index contributed by atoms with van der Waals surface area (Å²) in [4.78, 5) is 10.8. The van der Waals surface area contributed by atoms with E-state index in [9.17, 15) is 9.90 Å². The molecule has 86 valence electrons. The van der Waals surface area contributed by atoms with Gasteiger partial charge in [0.2, 0.25) is 0 Å². The van der Waals surface area contributed by atoms with Gasteiger partial charge in [-0.15, -0.1) is 0 Å². The van der Waals surface area contributed by atoms with Crippen LogP contribution >= 0.6 is 0 Å². The van der Waals surface area contributed by atoms with Gasteiger partial charge in [-0.3, -0.25) is 0 Å². The number of nitriles is 3. The maximum Gasteiger partial charge on any atom is 0.339 e. The highest BCUT2D eigenvalue weighted by molar-refractivity contribution is 5.93. The lowest BCUT2D eigenvalue weighted by Crippen LogP contribution is -1.98. The standard InChI is InChI=1S/C12H5N3O3/c13-4-8(5-14)10(6-15)7-1-2-11(16)9(3-7)12(17)18/h1-3,16H,(H,17,18). The minimum atomic E-state index is -1.37. The number of phenols is 1. The number of nitrogens with zero attached hydrogens (tertiary/aromatic N) is 3. The van der Waals surface area contributed by atoms with Crippen molar-refractivity contribution in [1.29, 1.82) is 15.8 Å². The number of benzene rings is 1. The van der Waals surface area contributed by atoms with Crippen LogP contribution in [0.15, 0.2) is 23.8 Å². The van der Waals surface area contributed by atoms with Crippen molar-refractivity contribution < 1.29 is 15.0 Å². The van der Waals surface area contributed by atoms with Crippen LogP contribution in [-0.2, 0) is 0 Å². The van der Waals surface area contributed by atoms with Gasteiger partial charge in [-0.05, 0) is 23.8 Å². The third-order valence-electron chi connectivity index (χ3n) is 2.10. The Morgan fingerprint density at radius 1 is 1.11 bits per heavy atom. The van der Waals surface area contributed by atoms with Gasteiger partial charge in [0.05, 0.1) is 5.57 Å². The second kappa shape index (κ2) is 5.16. The second-order valence-corrected chi connectivity index (χ2v) is 3.12. The molecule has 1 aromatic rings. The molecule has 0 heterocycles.